The standard InChI is InChI=1S/C17H12FNO3/c18-12-6-4-11(5-7-12)10-19-9-8-13-14(16(19)20)2-1-3-15(13)17(21)22/h1-9H,10H2,(H,21,22). The van der Waals surface area contributed by atoms with Crippen molar-refractivity contribution >= 4 is 16.7 Å². The lowest BCUT2D eigenvalue weighted by atomic mass is 10.1. The van der Waals surface area contributed by atoms with Gasteiger partial charge in [0.2, 0.25) is 0 Å². The molecule has 3 rings (SSSR count). The summed E-state index contributed by atoms with van der Waals surface area (Å²) in [7, 11) is 0. The van der Waals surface area contributed by atoms with Gasteiger partial charge in [-0.2, -0.15) is 0 Å². The van der Waals surface area contributed by atoms with Crippen LogP contribution in [0.4, 0.5) is 4.39 Å². The van der Waals surface area contributed by atoms with Crippen molar-refractivity contribution in [2.24, 2.45) is 0 Å². The Balaban J connectivity index is 2.09. The molecule has 0 fully saturated rings. The molecule has 0 aliphatic rings. The number of carboxylic acid groups (broad SMARTS) is 1. The van der Waals surface area contributed by atoms with Gasteiger partial charge in [0.25, 0.3) is 5.56 Å². The van der Waals surface area contributed by atoms with Gasteiger partial charge in [0.15, 0.2) is 0 Å². The van der Waals surface area contributed by atoms with Crippen LogP contribution in [0.5, 0.6) is 0 Å². The monoisotopic (exact) mass is 297 g/mol. The summed E-state index contributed by atoms with van der Waals surface area (Å²) in [6.07, 6.45) is 1.56. The fourth-order valence-corrected chi connectivity index (χ4v) is 2.42. The largest absolute Gasteiger partial charge is 0.478 e. The average molecular weight is 297 g/mol. The Kier molecular flexibility index (Phi) is 3.47. The number of nitrogens with zero attached hydrogens (tertiary/aromatic N) is 1. The third-order valence-corrected chi connectivity index (χ3v) is 3.52. The van der Waals surface area contributed by atoms with Crippen LogP contribution in [-0.4, -0.2) is 15.6 Å². The number of pyridine rings is 1. The van der Waals surface area contributed by atoms with Crippen LogP contribution < -0.4 is 5.56 Å². The molecule has 0 aliphatic heterocycles. The number of aromatic carboxylic acids is 1. The Hall–Kier alpha value is -2.95. The van der Waals surface area contributed by atoms with E-state index in [2.05, 4.69) is 0 Å². The van der Waals surface area contributed by atoms with Gasteiger partial charge in [-0.15, -0.1) is 0 Å². The van der Waals surface area contributed by atoms with E-state index in [0.717, 1.165) is 5.56 Å². The van der Waals surface area contributed by atoms with Crippen LogP contribution in [0.2, 0.25) is 0 Å². The second kappa shape index (κ2) is 5.44. The first-order valence-electron chi connectivity index (χ1n) is 6.66. The van der Waals surface area contributed by atoms with Crippen molar-refractivity contribution in [2.45, 2.75) is 6.54 Å². The van der Waals surface area contributed by atoms with Crippen molar-refractivity contribution in [3.63, 3.8) is 0 Å². The van der Waals surface area contributed by atoms with Crippen molar-refractivity contribution in [2.75, 3.05) is 0 Å². The van der Waals surface area contributed by atoms with E-state index in [1.54, 1.807) is 36.5 Å². The molecule has 1 N–H and O–H groups in total. The van der Waals surface area contributed by atoms with Crippen molar-refractivity contribution in [1.82, 2.24) is 4.57 Å². The van der Waals surface area contributed by atoms with Gasteiger partial charge in [0.05, 0.1) is 12.1 Å². The van der Waals surface area contributed by atoms with Gasteiger partial charge >= 0.3 is 5.97 Å². The molecular weight excluding hydrogens is 285 g/mol. The van der Waals surface area contributed by atoms with E-state index in [9.17, 15) is 14.0 Å². The number of carbonyl (C=O) groups is 1. The molecule has 0 bridgehead atoms. The molecule has 0 radical (unpaired) electrons. The van der Waals surface area contributed by atoms with Gasteiger partial charge in [0.1, 0.15) is 5.82 Å². The highest BCUT2D eigenvalue weighted by Crippen LogP contribution is 2.16. The number of fused-ring (bicyclic) bond motifs is 1. The first-order valence-corrected chi connectivity index (χ1v) is 6.66. The smallest absolute Gasteiger partial charge is 0.336 e. The van der Waals surface area contributed by atoms with E-state index in [1.165, 1.54) is 22.8 Å². The third kappa shape index (κ3) is 2.48. The van der Waals surface area contributed by atoms with E-state index in [4.69, 9.17) is 5.11 Å². The highest BCUT2D eigenvalue weighted by molar-refractivity contribution is 6.03. The van der Waals surface area contributed by atoms with E-state index in [1.807, 2.05) is 0 Å². The molecule has 1 aromatic heterocycles. The summed E-state index contributed by atoms with van der Waals surface area (Å²) in [5.74, 6) is -1.40. The lowest BCUT2D eigenvalue weighted by Gasteiger charge is -2.09. The summed E-state index contributed by atoms with van der Waals surface area (Å²) >= 11 is 0. The summed E-state index contributed by atoms with van der Waals surface area (Å²) in [6, 6.07) is 12.1. The number of rotatable bonds is 3. The molecule has 0 unspecified atom stereocenters. The Labute approximate surface area is 125 Å². The van der Waals surface area contributed by atoms with Gasteiger partial charge in [0, 0.05) is 17.0 Å². The summed E-state index contributed by atoms with van der Waals surface area (Å²) in [5, 5.41) is 9.92. The van der Waals surface area contributed by atoms with E-state index >= 15 is 0 Å². The van der Waals surface area contributed by atoms with Gasteiger partial charge in [-0.25, -0.2) is 9.18 Å². The molecule has 2 aromatic carbocycles. The first-order chi connectivity index (χ1) is 10.6. The minimum atomic E-state index is -1.07. The first kappa shape index (κ1) is 14.0. The molecule has 5 heteroatoms. The maximum atomic E-state index is 12.9. The molecule has 4 nitrogen and oxygen atoms in total. The fraction of sp³-hybridized carbons (Fsp3) is 0.0588. The van der Waals surface area contributed by atoms with Crippen molar-refractivity contribution < 1.29 is 14.3 Å². The molecule has 110 valence electrons. The van der Waals surface area contributed by atoms with Crippen LogP contribution in [0, 0.1) is 5.82 Å². The minimum absolute atomic E-state index is 0.100. The second-order valence-corrected chi connectivity index (χ2v) is 4.95. The molecular formula is C17H12FNO3. The lowest BCUT2D eigenvalue weighted by molar-refractivity contribution is 0.0699. The van der Waals surface area contributed by atoms with Crippen LogP contribution in [0.25, 0.3) is 10.8 Å². The zero-order chi connectivity index (χ0) is 15.7. The highest BCUT2D eigenvalue weighted by atomic mass is 19.1. The Morgan fingerprint density at radius 1 is 1.05 bits per heavy atom. The fourth-order valence-electron chi connectivity index (χ4n) is 2.42. The molecule has 0 spiro atoms. The van der Waals surface area contributed by atoms with Crippen LogP contribution in [0.3, 0.4) is 0 Å². The highest BCUT2D eigenvalue weighted by Gasteiger charge is 2.11. The Bertz CT molecular complexity index is 913. The van der Waals surface area contributed by atoms with Gasteiger partial charge in [-0.05, 0) is 35.9 Å². The average Bonchev–Trinajstić information content (AvgIpc) is 2.51. The molecule has 1 heterocycles. The number of benzene rings is 2. The van der Waals surface area contributed by atoms with E-state index in [0.29, 0.717) is 17.3 Å². The molecule has 0 aliphatic carbocycles. The number of carboxylic acids is 1. The summed E-state index contributed by atoms with van der Waals surface area (Å²) < 4.78 is 14.4. The second-order valence-electron chi connectivity index (χ2n) is 4.95. The summed E-state index contributed by atoms with van der Waals surface area (Å²) in [5.41, 5.74) is 0.616. The van der Waals surface area contributed by atoms with Gasteiger partial charge in [-0.3, -0.25) is 4.79 Å². The van der Waals surface area contributed by atoms with Crippen LogP contribution >= 0.6 is 0 Å². The zero-order valence-electron chi connectivity index (χ0n) is 11.5. The normalized spacial score (nSPS) is 10.8. The molecule has 0 atom stereocenters. The van der Waals surface area contributed by atoms with Gasteiger partial charge in [-0.1, -0.05) is 18.2 Å². The Morgan fingerprint density at radius 3 is 2.45 bits per heavy atom. The van der Waals surface area contributed by atoms with Crippen LogP contribution in [0.1, 0.15) is 15.9 Å². The van der Waals surface area contributed by atoms with Crippen LogP contribution in [0.15, 0.2) is 59.5 Å². The predicted octanol–water partition coefficient (Wildman–Crippen LogP) is 2.89. The lowest BCUT2D eigenvalue weighted by Crippen LogP contribution is -2.20. The maximum absolute atomic E-state index is 12.9. The number of hydrogen-bond acceptors (Lipinski definition) is 2. The number of halogens is 1. The SMILES string of the molecule is O=C(O)c1cccc2c(=O)n(Cc3ccc(F)cc3)ccc12. The number of aromatic nitrogens is 1. The maximum Gasteiger partial charge on any atom is 0.336 e. The third-order valence-electron chi connectivity index (χ3n) is 3.52. The topological polar surface area (TPSA) is 59.3 Å². The van der Waals surface area contributed by atoms with Gasteiger partial charge < -0.3 is 9.67 Å². The van der Waals surface area contributed by atoms with Crippen LogP contribution in [-0.2, 0) is 6.54 Å². The number of hydrogen-bond donors (Lipinski definition) is 1. The zero-order valence-corrected chi connectivity index (χ0v) is 11.5. The van der Waals surface area contributed by atoms with Crippen molar-refractivity contribution in [3.05, 3.63) is 82.0 Å². The molecule has 0 amide bonds. The summed E-state index contributed by atoms with van der Waals surface area (Å²) in [6.45, 7) is 0.298. The summed E-state index contributed by atoms with van der Waals surface area (Å²) in [4.78, 5) is 23.7. The molecule has 0 saturated carbocycles. The molecule has 3 aromatic rings. The van der Waals surface area contributed by atoms with Crippen molar-refractivity contribution in [1.29, 1.82) is 0 Å². The minimum Gasteiger partial charge on any atom is -0.478 e. The Morgan fingerprint density at radius 2 is 1.77 bits per heavy atom. The van der Waals surface area contributed by atoms with E-state index < -0.39 is 5.97 Å². The van der Waals surface area contributed by atoms with E-state index in [-0.39, 0.29) is 16.9 Å². The molecule has 22 heavy (non-hydrogen) atoms. The predicted molar refractivity (Wildman–Crippen MR) is 80.7 cm³/mol. The van der Waals surface area contributed by atoms with Crippen molar-refractivity contribution in [3.8, 4) is 0 Å². The quantitative estimate of drug-likeness (QED) is 0.808. The molecule has 0 saturated heterocycles.